The van der Waals surface area contributed by atoms with Gasteiger partial charge in [0.25, 0.3) is 0 Å². The summed E-state index contributed by atoms with van der Waals surface area (Å²) in [4.78, 5) is 22.6. The van der Waals surface area contributed by atoms with Crippen LogP contribution in [-0.2, 0) is 16.0 Å². The van der Waals surface area contributed by atoms with Crippen molar-refractivity contribution in [2.24, 2.45) is 0 Å². The number of rotatable bonds is 6. The Balaban J connectivity index is 1.79. The smallest absolute Gasteiger partial charge is 0.308 e. The Morgan fingerprint density at radius 1 is 1.08 bits per heavy atom. The van der Waals surface area contributed by atoms with E-state index in [2.05, 4.69) is 5.32 Å². The van der Waals surface area contributed by atoms with Gasteiger partial charge in [0, 0.05) is 19.5 Å². The van der Waals surface area contributed by atoms with Crippen LogP contribution in [0.4, 0.5) is 0 Å². The van der Waals surface area contributed by atoms with Gasteiger partial charge in [-0.05, 0) is 47.9 Å². The Morgan fingerprint density at radius 2 is 1.80 bits per heavy atom. The van der Waals surface area contributed by atoms with E-state index in [1.165, 1.54) is 25.1 Å². The topological polar surface area (TPSA) is 95.9 Å². The molecule has 0 radical (unpaired) electrons. The fourth-order valence-corrected chi connectivity index (χ4v) is 2.10. The standard InChI is InChI=1S/C19H19NO5/c1-13(21)25-16-6-2-14(3-7-16)10-11-20-19(24)9-5-15-4-8-17(22)18(23)12-15/h2-9,12,22-23H,10-11H2,1H3,(H,20,24)/b9-5+. The van der Waals surface area contributed by atoms with E-state index in [-0.39, 0.29) is 23.4 Å². The lowest BCUT2D eigenvalue weighted by Gasteiger charge is -2.05. The summed E-state index contributed by atoms with van der Waals surface area (Å²) in [7, 11) is 0. The summed E-state index contributed by atoms with van der Waals surface area (Å²) in [5.41, 5.74) is 1.61. The molecule has 1 amide bonds. The highest BCUT2D eigenvalue weighted by Crippen LogP contribution is 2.25. The van der Waals surface area contributed by atoms with Gasteiger partial charge in [-0.25, -0.2) is 0 Å². The fraction of sp³-hybridized carbons (Fsp3) is 0.158. The quantitative estimate of drug-likeness (QED) is 0.324. The average molecular weight is 341 g/mol. The van der Waals surface area contributed by atoms with Crippen LogP contribution < -0.4 is 10.1 Å². The zero-order valence-corrected chi connectivity index (χ0v) is 13.7. The van der Waals surface area contributed by atoms with Gasteiger partial charge in [-0.3, -0.25) is 9.59 Å². The minimum atomic E-state index is -0.367. The van der Waals surface area contributed by atoms with Crippen LogP contribution in [0.15, 0.2) is 48.5 Å². The summed E-state index contributed by atoms with van der Waals surface area (Å²) in [5, 5.41) is 21.4. The van der Waals surface area contributed by atoms with Gasteiger partial charge in [0.1, 0.15) is 5.75 Å². The Bertz CT molecular complexity index is 781. The van der Waals surface area contributed by atoms with Crippen molar-refractivity contribution in [1.29, 1.82) is 0 Å². The molecule has 3 N–H and O–H groups in total. The molecule has 0 aliphatic rings. The second-order valence-corrected chi connectivity index (χ2v) is 5.36. The number of phenolic OH excluding ortho intramolecular Hbond substituents is 2. The zero-order chi connectivity index (χ0) is 18.2. The van der Waals surface area contributed by atoms with Crippen molar-refractivity contribution >= 4 is 18.0 Å². The highest BCUT2D eigenvalue weighted by Gasteiger charge is 2.01. The van der Waals surface area contributed by atoms with Crippen molar-refractivity contribution in [3.05, 3.63) is 59.7 Å². The third kappa shape index (κ3) is 6.02. The molecule has 0 saturated carbocycles. The number of hydrogen-bond acceptors (Lipinski definition) is 5. The number of carbonyl (C=O) groups is 2. The second kappa shape index (κ2) is 8.54. The van der Waals surface area contributed by atoms with Crippen LogP contribution >= 0.6 is 0 Å². The largest absolute Gasteiger partial charge is 0.504 e. The summed E-state index contributed by atoms with van der Waals surface area (Å²) in [6.07, 6.45) is 3.54. The van der Waals surface area contributed by atoms with E-state index >= 15 is 0 Å². The average Bonchev–Trinajstić information content (AvgIpc) is 2.57. The second-order valence-electron chi connectivity index (χ2n) is 5.36. The Kier molecular flexibility index (Phi) is 6.17. The predicted molar refractivity (Wildman–Crippen MR) is 93.3 cm³/mol. The number of hydrogen-bond donors (Lipinski definition) is 3. The Hall–Kier alpha value is -3.28. The lowest BCUT2D eigenvalue weighted by Crippen LogP contribution is -2.23. The third-order valence-electron chi connectivity index (χ3n) is 3.32. The van der Waals surface area contributed by atoms with Crippen LogP contribution in [0, 0.1) is 0 Å². The fourth-order valence-electron chi connectivity index (χ4n) is 2.10. The van der Waals surface area contributed by atoms with E-state index in [1.807, 2.05) is 12.1 Å². The Labute approximate surface area is 145 Å². The predicted octanol–water partition coefficient (Wildman–Crippen LogP) is 2.40. The molecular weight excluding hydrogens is 322 g/mol. The highest BCUT2D eigenvalue weighted by atomic mass is 16.5. The summed E-state index contributed by atoms with van der Waals surface area (Å²) in [5.74, 6) is -0.584. The number of ether oxygens (including phenoxy) is 1. The van der Waals surface area contributed by atoms with Gasteiger partial charge in [-0.2, -0.15) is 0 Å². The molecule has 130 valence electrons. The molecular formula is C19H19NO5. The van der Waals surface area contributed by atoms with Crippen molar-refractivity contribution in [3.63, 3.8) is 0 Å². The first-order valence-electron chi connectivity index (χ1n) is 7.69. The molecule has 0 aliphatic heterocycles. The number of phenols is 2. The number of carbonyl (C=O) groups excluding carboxylic acids is 2. The molecule has 6 nitrogen and oxygen atoms in total. The van der Waals surface area contributed by atoms with E-state index in [1.54, 1.807) is 24.3 Å². The number of aromatic hydroxyl groups is 2. The molecule has 0 spiro atoms. The minimum absolute atomic E-state index is 0.207. The first-order valence-corrected chi connectivity index (χ1v) is 7.69. The maximum atomic E-state index is 11.8. The van der Waals surface area contributed by atoms with Crippen molar-refractivity contribution in [2.75, 3.05) is 6.54 Å². The van der Waals surface area contributed by atoms with Gasteiger partial charge < -0.3 is 20.3 Å². The normalized spacial score (nSPS) is 10.6. The van der Waals surface area contributed by atoms with Gasteiger partial charge in [-0.15, -0.1) is 0 Å². The van der Waals surface area contributed by atoms with E-state index in [0.717, 1.165) is 5.56 Å². The maximum absolute atomic E-state index is 11.8. The van der Waals surface area contributed by atoms with E-state index in [0.29, 0.717) is 24.3 Å². The van der Waals surface area contributed by atoms with Crippen molar-refractivity contribution < 1.29 is 24.5 Å². The van der Waals surface area contributed by atoms with Gasteiger partial charge in [0.15, 0.2) is 11.5 Å². The number of nitrogens with one attached hydrogen (secondary N) is 1. The lowest BCUT2D eigenvalue weighted by molar-refractivity contribution is -0.131. The molecule has 6 heteroatoms. The number of benzene rings is 2. The minimum Gasteiger partial charge on any atom is -0.504 e. The van der Waals surface area contributed by atoms with Gasteiger partial charge in [0.05, 0.1) is 0 Å². The van der Waals surface area contributed by atoms with Crippen molar-refractivity contribution in [3.8, 4) is 17.2 Å². The molecule has 0 unspecified atom stereocenters. The van der Waals surface area contributed by atoms with Crippen LogP contribution in [0.5, 0.6) is 17.2 Å². The van der Waals surface area contributed by atoms with Crippen LogP contribution in [0.25, 0.3) is 6.08 Å². The molecule has 2 aromatic rings. The lowest BCUT2D eigenvalue weighted by atomic mass is 10.1. The summed E-state index contributed by atoms with van der Waals surface area (Å²) in [6, 6.07) is 11.4. The molecule has 2 rings (SSSR count). The maximum Gasteiger partial charge on any atom is 0.308 e. The van der Waals surface area contributed by atoms with Gasteiger partial charge in [-0.1, -0.05) is 18.2 Å². The first-order chi connectivity index (χ1) is 11.9. The number of esters is 1. The summed E-state index contributed by atoms with van der Waals surface area (Å²) in [6.45, 7) is 1.80. The molecule has 2 aromatic carbocycles. The van der Waals surface area contributed by atoms with Gasteiger partial charge >= 0.3 is 5.97 Å². The number of amides is 1. The summed E-state index contributed by atoms with van der Waals surface area (Å²) >= 11 is 0. The molecule has 0 saturated heterocycles. The van der Waals surface area contributed by atoms with Crippen LogP contribution in [0.1, 0.15) is 18.1 Å². The molecule has 0 fully saturated rings. The molecule has 0 atom stereocenters. The van der Waals surface area contributed by atoms with Crippen LogP contribution in [0.3, 0.4) is 0 Å². The van der Waals surface area contributed by atoms with E-state index in [4.69, 9.17) is 4.74 Å². The summed E-state index contributed by atoms with van der Waals surface area (Å²) < 4.78 is 4.95. The third-order valence-corrected chi connectivity index (χ3v) is 3.32. The highest BCUT2D eigenvalue weighted by molar-refractivity contribution is 5.91. The molecule has 0 bridgehead atoms. The van der Waals surface area contributed by atoms with Crippen LogP contribution in [0.2, 0.25) is 0 Å². The molecule has 25 heavy (non-hydrogen) atoms. The van der Waals surface area contributed by atoms with Crippen molar-refractivity contribution in [1.82, 2.24) is 5.32 Å². The molecule has 0 heterocycles. The zero-order valence-electron chi connectivity index (χ0n) is 13.7. The molecule has 0 aromatic heterocycles. The monoisotopic (exact) mass is 341 g/mol. The van der Waals surface area contributed by atoms with Crippen LogP contribution in [-0.4, -0.2) is 28.6 Å². The van der Waals surface area contributed by atoms with E-state index < -0.39 is 0 Å². The molecule has 0 aliphatic carbocycles. The first kappa shape index (κ1) is 18.1. The SMILES string of the molecule is CC(=O)Oc1ccc(CCNC(=O)/C=C/c2ccc(O)c(O)c2)cc1. The van der Waals surface area contributed by atoms with Crippen molar-refractivity contribution in [2.45, 2.75) is 13.3 Å². The Morgan fingerprint density at radius 3 is 2.44 bits per heavy atom. The van der Waals surface area contributed by atoms with E-state index in [9.17, 15) is 19.8 Å². The van der Waals surface area contributed by atoms with Gasteiger partial charge in [0.2, 0.25) is 5.91 Å².